The van der Waals surface area contributed by atoms with Crippen LogP contribution in [0.5, 0.6) is 0 Å². The van der Waals surface area contributed by atoms with Crippen molar-refractivity contribution in [3.8, 4) is 11.1 Å². The lowest BCUT2D eigenvalue weighted by Crippen LogP contribution is -2.66. The van der Waals surface area contributed by atoms with Crippen molar-refractivity contribution in [2.45, 2.75) is 19.3 Å². The summed E-state index contributed by atoms with van der Waals surface area (Å²) in [5, 5.41) is 2.64. The topological polar surface area (TPSA) is 87.7 Å². The molecule has 0 aliphatic carbocycles. The largest absolute Gasteiger partial charge is 0.380 e. The lowest BCUT2D eigenvalue weighted by atomic mass is 9.78. The first-order valence-corrected chi connectivity index (χ1v) is 12.2. The fourth-order valence-corrected chi connectivity index (χ4v) is 5.27. The maximum Gasteiger partial charge on any atom is 0.263 e. The van der Waals surface area contributed by atoms with E-state index in [-0.39, 0.29) is 22.2 Å². The highest BCUT2D eigenvalue weighted by atomic mass is 19.3. The number of aromatic nitrogens is 2. The summed E-state index contributed by atoms with van der Waals surface area (Å²) in [4.78, 5) is 38.5. The first kappa shape index (κ1) is 24.4. The summed E-state index contributed by atoms with van der Waals surface area (Å²) in [5.74, 6) is -2.12. The van der Waals surface area contributed by atoms with Gasteiger partial charge in [0.1, 0.15) is 12.4 Å². The molecule has 2 aromatic heterocycles. The average Bonchev–Trinajstić information content (AvgIpc) is 2.92. The molecule has 196 valence electrons. The molecule has 2 fully saturated rings. The van der Waals surface area contributed by atoms with E-state index < -0.39 is 36.7 Å². The van der Waals surface area contributed by atoms with Gasteiger partial charge in [-0.15, -0.1) is 0 Å². The number of carbonyl (C=O) groups excluding carboxylic acids is 2. The van der Waals surface area contributed by atoms with Crippen molar-refractivity contribution in [1.29, 1.82) is 0 Å². The second-order valence-corrected chi connectivity index (χ2v) is 10.1. The van der Waals surface area contributed by atoms with Gasteiger partial charge in [0.15, 0.2) is 0 Å². The molecule has 8 nitrogen and oxygen atoms in total. The summed E-state index contributed by atoms with van der Waals surface area (Å²) >= 11 is 0. The van der Waals surface area contributed by atoms with Crippen molar-refractivity contribution in [2.24, 2.45) is 5.41 Å². The minimum Gasteiger partial charge on any atom is -0.380 e. The highest BCUT2D eigenvalue weighted by molar-refractivity contribution is 6.09. The summed E-state index contributed by atoms with van der Waals surface area (Å²) in [5.41, 5.74) is 1.36. The number of hydrogen-bond acceptors (Lipinski definition) is 6. The minimum absolute atomic E-state index is 0.0608. The summed E-state index contributed by atoms with van der Waals surface area (Å²) < 4.78 is 46.8. The second-order valence-electron chi connectivity index (χ2n) is 10.1. The molecule has 0 saturated carbocycles. The van der Waals surface area contributed by atoms with Crippen molar-refractivity contribution in [2.75, 3.05) is 48.0 Å². The van der Waals surface area contributed by atoms with Crippen LogP contribution in [-0.4, -0.2) is 54.6 Å². The number of nitrogens with zero attached hydrogens (tertiary/aromatic N) is 4. The van der Waals surface area contributed by atoms with Gasteiger partial charge in [-0.3, -0.25) is 14.6 Å². The Hall–Kier alpha value is -3.99. The van der Waals surface area contributed by atoms with Crippen LogP contribution in [-0.2, 0) is 14.3 Å². The van der Waals surface area contributed by atoms with Gasteiger partial charge in [-0.2, -0.15) is 4.39 Å². The molecule has 1 atom stereocenters. The minimum atomic E-state index is -2.63. The maximum atomic E-state index is 15.7. The van der Waals surface area contributed by atoms with E-state index in [4.69, 9.17) is 4.74 Å². The number of nitrogens with one attached hydrogen (secondary N) is 1. The van der Waals surface area contributed by atoms with Gasteiger partial charge in [0.25, 0.3) is 6.43 Å². The SMILES string of the molecule is CC1C(=O)N(CC(=O)Nc2ccc(C(F)F)cc2)c2cc(N3CC4(COC4)C3)nc(F)c2-c2cccnc21. The van der Waals surface area contributed by atoms with E-state index in [0.29, 0.717) is 49.1 Å². The molecule has 1 N–H and O–H groups in total. The Bertz CT molecular complexity index is 1420. The van der Waals surface area contributed by atoms with E-state index in [0.717, 1.165) is 0 Å². The number of pyridine rings is 2. The first-order valence-electron chi connectivity index (χ1n) is 12.2. The van der Waals surface area contributed by atoms with E-state index >= 15 is 4.39 Å². The monoisotopic (exact) mass is 523 g/mol. The molecule has 3 aliphatic heterocycles. The summed E-state index contributed by atoms with van der Waals surface area (Å²) in [6.07, 6.45) is -1.09. The molecule has 1 unspecified atom stereocenters. The number of fused-ring (bicyclic) bond motifs is 3. The lowest BCUT2D eigenvalue weighted by molar-refractivity contribution is -0.127. The number of hydrogen-bond donors (Lipinski definition) is 1. The van der Waals surface area contributed by atoms with Gasteiger partial charge in [-0.05, 0) is 25.1 Å². The molecule has 3 aromatic rings. The molecule has 0 bridgehead atoms. The maximum absolute atomic E-state index is 15.7. The Kier molecular flexibility index (Phi) is 5.82. The van der Waals surface area contributed by atoms with Crippen molar-refractivity contribution in [3.63, 3.8) is 0 Å². The smallest absolute Gasteiger partial charge is 0.263 e. The molecular formula is C27H24F3N5O3. The molecule has 0 radical (unpaired) electrons. The van der Waals surface area contributed by atoms with Crippen LogP contribution in [0.3, 0.4) is 0 Å². The van der Waals surface area contributed by atoms with Crippen molar-refractivity contribution in [1.82, 2.24) is 9.97 Å². The zero-order valence-corrected chi connectivity index (χ0v) is 20.5. The number of ether oxygens (including phenoxy) is 1. The Labute approximate surface area is 216 Å². The Morgan fingerprint density at radius 1 is 1.21 bits per heavy atom. The number of carbonyl (C=O) groups is 2. The van der Waals surface area contributed by atoms with Crippen molar-refractivity contribution >= 4 is 29.0 Å². The van der Waals surface area contributed by atoms with Gasteiger partial charge in [-0.1, -0.05) is 18.2 Å². The first-order chi connectivity index (χ1) is 18.2. The van der Waals surface area contributed by atoms with Crippen LogP contribution in [0.4, 0.5) is 30.4 Å². The Balaban J connectivity index is 1.35. The van der Waals surface area contributed by atoms with Crippen LogP contribution in [0.25, 0.3) is 11.1 Å². The van der Waals surface area contributed by atoms with Crippen LogP contribution in [0.15, 0.2) is 48.7 Å². The van der Waals surface area contributed by atoms with E-state index in [9.17, 15) is 18.4 Å². The van der Waals surface area contributed by atoms with Crippen LogP contribution in [0.2, 0.25) is 0 Å². The molecular weight excluding hydrogens is 499 g/mol. The second kappa shape index (κ2) is 9.09. The van der Waals surface area contributed by atoms with E-state index in [1.54, 1.807) is 25.1 Å². The molecule has 3 aliphatic rings. The molecule has 1 spiro atoms. The van der Waals surface area contributed by atoms with Gasteiger partial charge < -0.3 is 19.9 Å². The van der Waals surface area contributed by atoms with E-state index in [2.05, 4.69) is 15.3 Å². The molecule has 5 heterocycles. The average molecular weight is 524 g/mol. The summed E-state index contributed by atoms with van der Waals surface area (Å²) in [7, 11) is 0. The van der Waals surface area contributed by atoms with Crippen LogP contribution in [0, 0.1) is 11.4 Å². The van der Waals surface area contributed by atoms with Crippen molar-refractivity contribution < 1.29 is 27.5 Å². The molecule has 38 heavy (non-hydrogen) atoms. The van der Waals surface area contributed by atoms with E-state index in [1.807, 2.05) is 4.90 Å². The number of anilines is 3. The normalized spacial score (nSPS) is 19.4. The highest BCUT2D eigenvalue weighted by Gasteiger charge is 2.50. The molecule has 6 rings (SSSR count). The molecule has 11 heteroatoms. The van der Waals surface area contributed by atoms with Gasteiger partial charge >= 0.3 is 0 Å². The third kappa shape index (κ3) is 4.07. The standard InChI is InChI=1S/C27H24F3N5O3/c1-15-23-18(3-2-8-31-23)22-19(9-20(33-25(22)30)34-11-27(12-34)13-38-14-27)35(26(15)37)10-21(36)32-17-6-4-16(5-7-17)24(28)29/h2-9,15,24H,10-14H2,1H3,(H,32,36). The van der Waals surface area contributed by atoms with E-state index in [1.165, 1.54) is 35.4 Å². The lowest BCUT2D eigenvalue weighted by Gasteiger charge is -2.55. The summed E-state index contributed by atoms with van der Waals surface area (Å²) in [6.45, 7) is 3.87. The zero-order chi connectivity index (χ0) is 26.6. The fourth-order valence-electron chi connectivity index (χ4n) is 5.27. The predicted octanol–water partition coefficient (Wildman–Crippen LogP) is 4.15. The number of amides is 2. The van der Waals surface area contributed by atoms with Crippen LogP contribution >= 0.6 is 0 Å². The predicted molar refractivity (Wildman–Crippen MR) is 134 cm³/mol. The van der Waals surface area contributed by atoms with Gasteiger partial charge in [-0.25, -0.2) is 13.8 Å². The van der Waals surface area contributed by atoms with Crippen LogP contribution < -0.4 is 15.1 Å². The van der Waals surface area contributed by atoms with Crippen LogP contribution in [0.1, 0.15) is 30.5 Å². The number of halogens is 3. The summed E-state index contributed by atoms with van der Waals surface area (Å²) in [6, 6.07) is 10.2. The van der Waals surface area contributed by atoms with Gasteiger partial charge in [0.05, 0.1) is 41.5 Å². The number of alkyl halides is 2. The highest BCUT2D eigenvalue weighted by Crippen LogP contribution is 2.45. The van der Waals surface area contributed by atoms with Gasteiger partial charge in [0.2, 0.25) is 17.8 Å². The number of benzene rings is 1. The van der Waals surface area contributed by atoms with Crippen molar-refractivity contribution in [3.05, 3.63) is 65.9 Å². The quantitative estimate of drug-likeness (QED) is 0.506. The van der Waals surface area contributed by atoms with Gasteiger partial charge in [0, 0.05) is 42.2 Å². The fraction of sp³-hybridized carbons (Fsp3) is 0.333. The molecule has 1 aromatic carbocycles. The number of rotatable bonds is 5. The Morgan fingerprint density at radius 3 is 2.61 bits per heavy atom. The molecule has 2 amide bonds. The Morgan fingerprint density at radius 2 is 1.95 bits per heavy atom. The molecule has 2 saturated heterocycles. The zero-order valence-electron chi connectivity index (χ0n) is 20.5. The third-order valence-electron chi connectivity index (χ3n) is 7.33. The third-order valence-corrected chi connectivity index (χ3v) is 7.33.